The molecule has 1 aliphatic heterocycles. The molecule has 0 aromatic heterocycles. The highest BCUT2D eigenvalue weighted by Crippen LogP contribution is 2.32. The van der Waals surface area contributed by atoms with Crippen LogP contribution in [0.15, 0.2) is 35.5 Å². The third-order valence-electron chi connectivity index (χ3n) is 3.54. The number of methoxy groups -OCH3 is 1. The molecule has 130 valence electrons. The summed E-state index contributed by atoms with van der Waals surface area (Å²) in [5.74, 6) is -1.41. The second kappa shape index (κ2) is 6.50. The van der Waals surface area contributed by atoms with Crippen LogP contribution in [0.2, 0.25) is 0 Å². The summed E-state index contributed by atoms with van der Waals surface area (Å²) in [5, 5.41) is 2.33. The van der Waals surface area contributed by atoms with Gasteiger partial charge in [0, 0.05) is 5.70 Å². The lowest BCUT2D eigenvalue weighted by Gasteiger charge is -2.35. The van der Waals surface area contributed by atoms with Gasteiger partial charge in [0.15, 0.2) is 0 Å². The average molecular weight is 346 g/mol. The molecule has 24 heavy (non-hydrogen) atoms. The van der Waals surface area contributed by atoms with E-state index in [1.807, 2.05) is 0 Å². The van der Waals surface area contributed by atoms with E-state index in [9.17, 15) is 27.2 Å². The lowest BCUT2D eigenvalue weighted by molar-refractivity contribution is -0.140. The molecule has 0 saturated carbocycles. The van der Waals surface area contributed by atoms with Crippen LogP contribution in [0.4, 0.5) is 22.4 Å². The molecule has 1 unspecified atom stereocenters. The number of amides is 2. The van der Waals surface area contributed by atoms with Gasteiger partial charge in [-0.2, -0.15) is 13.2 Å². The van der Waals surface area contributed by atoms with Crippen molar-refractivity contribution >= 4 is 12.0 Å². The van der Waals surface area contributed by atoms with Crippen LogP contribution in [0.1, 0.15) is 18.5 Å². The van der Waals surface area contributed by atoms with Gasteiger partial charge in [-0.15, -0.1) is 0 Å². The number of alkyl halides is 3. The van der Waals surface area contributed by atoms with Crippen LogP contribution in [0.25, 0.3) is 0 Å². The summed E-state index contributed by atoms with van der Waals surface area (Å²) < 4.78 is 55.6. The number of esters is 1. The summed E-state index contributed by atoms with van der Waals surface area (Å²) in [4.78, 5) is 24.5. The van der Waals surface area contributed by atoms with E-state index < -0.39 is 36.6 Å². The van der Waals surface area contributed by atoms with Crippen LogP contribution >= 0.6 is 0 Å². The van der Waals surface area contributed by atoms with Crippen LogP contribution in [0, 0.1) is 5.82 Å². The summed E-state index contributed by atoms with van der Waals surface area (Å²) in [7, 11) is 1.08. The lowest BCUT2D eigenvalue weighted by atomic mass is 9.95. The third-order valence-corrected chi connectivity index (χ3v) is 3.54. The Morgan fingerprint density at radius 1 is 1.29 bits per heavy atom. The predicted octanol–water partition coefficient (Wildman–Crippen LogP) is 2.90. The lowest BCUT2D eigenvalue weighted by Crippen LogP contribution is -2.50. The highest BCUT2D eigenvalue weighted by Gasteiger charge is 2.41. The fourth-order valence-electron chi connectivity index (χ4n) is 2.43. The summed E-state index contributed by atoms with van der Waals surface area (Å²) in [5.41, 5.74) is 0.0290. The van der Waals surface area contributed by atoms with E-state index in [4.69, 9.17) is 0 Å². The highest BCUT2D eigenvalue weighted by atomic mass is 19.4. The van der Waals surface area contributed by atoms with Gasteiger partial charge in [-0.25, -0.2) is 14.0 Å². The van der Waals surface area contributed by atoms with E-state index in [-0.39, 0.29) is 11.3 Å². The monoisotopic (exact) mass is 346 g/mol. The van der Waals surface area contributed by atoms with E-state index in [1.165, 1.54) is 19.1 Å². The van der Waals surface area contributed by atoms with Gasteiger partial charge in [-0.05, 0) is 24.6 Å². The molecule has 0 fully saturated rings. The minimum absolute atomic E-state index is 0.145. The second-order valence-corrected chi connectivity index (χ2v) is 5.13. The number of nitrogens with one attached hydrogen (secondary N) is 1. The van der Waals surface area contributed by atoms with Crippen molar-refractivity contribution < 1.29 is 31.9 Å². The van der Waals surface area contributed by atoms with Crippen molar-refractivity contribution in [1.82, 2.24) is 10.2 Å². The summed E-state index contributed by atoms with van der Waals surface area (Å²) in [6.45, 7) is -0.311. The van der Waals surface area contributed by atoms with E-state index in [2.05, 4.69) is 10.1 Å². The van der Waals surface area contributed by atoms with Gasteiger partial charge in [0.2, 0.25) is 0 Å². The van der Waals surface area contributed by atoms with E-state index >= 15 is 0 Å². The largest absolute Gasteiger partial charge is 0.466 e. The maximum absolute atomic E-state index is 13.1. The van der Waals surface area contributed by atoms with Gasteiger partial charge in [-0.1, -0.05) is 12.1 Å². The van der Waals surface area contributed by atoms with Crippen LogP contribution in [0.5, 0.6) is 0 Å². The first-order valence-electron chi connectivity index (χ1n) is 6.83. The van der Waals surface area contributed by atoms with Crippen molar-refractivity contribution in [2.75, 3.05) is 13.7 Å². The molecular weight excluding hydrogens is 332 g/mol. The standard InChI is InChI=1S/C15H14F4N2O3/c1-8-11(13(22)24-2)12(9-3-5-10(16)6-4-9)20-14(23)21(8)7-15(17,18)19/h3-6,12H,7H2,1-2H3,(H,20,23). The quantitative estimate of drug-likeness (QED) is 0.676. The molecule has 9 heteroatoms. The summed E-state index contributed by atoms with van der Waals surface area (Å²) in [6, 6.07) is 2.86. The molecule has 0 radical (unpaired) electrons. The number of hydrogen-bond acceptors (Lipinski definition) is 3. The number of benzene rings is 1. The Hall–Kier alpha value is -2.58. The topological polar surface area (TPSA) is 58.6 Å². The van der Waals surface area contributed by atoms with Crippen LogP contribution in [0.3, 0.4) is 0 Å². The zero-order valence-electron chi connectivity index (χ0n) is 12.8. The van der Waals surface area contributed by atoms with Crippen molar-refractivity contribution in [2.24, 2.45) is 0 Å². The molecule has 0 spiro atoms. The number of halogens is 4. The predicted molar refractivity (Wildman–Crippen MR) is 75.1 cm³/mol. The molecule has 1 aromatic carbocycles. The van der Waals surface area contributed by atoms with Crippen LogP contribution < -0.4 is 5.32 Å². The number of carbonyl (C=O) groups is 2. The molecule has 5 nitrogen and oxygen atoms in total. The molecule has 2 amide bonds. The average Bonchev–Trinajstić information content (AvgIpc) is 2.50. The van der Waals surface area contributed by atoms with E-state index in [0.29, 0.717) is 10.5 Å². The minimum Gasteiger partial charge on any atom is -0.466 e. The third kappa shape index (κ3) is 3.66. The van der Waals surface area contributed by atoms with Crippen molar-refractivity contribution in [1.29, 1.82) is 0 Å². The van der Waals surface area contributed by atoms with E-state index in [0.717, 1.165) is 19.2 Å². The van der Waals surface area contributed by atoms with Gasteiger partial charge in [0.1, 0.15) is 12.4 Å². The summed E-state index contributed by atoms with van der Waals surface area (Å²) >= 11 is 0. The fraction of sp³-hybridized carbons (Fsp3) is 0.333. The number of rotatable bonds is 3. The molecule has 1 N–H and O–H groups in total. The van der Waals surface area contributed by atoms with Gasteiger partial charge in [0.25, 0.3) is 0 Å². The van der Waals surface area contributed by atoms with Crippen LogP contribution in [-0.4, -0.2) is 36.7 Å². The highest BCUT2D eigenvalue weighted by molar-refractivity contribution is 5.95. The number of urea groups is 1. The Morgan fingerprint density at radius 3 is 2.38 bits per heavy atom. The Bertz CT molecular complexity index is 683. The second-order valence-electron chi connectivity index (χ2n) is 5.13. The normalized spacial score (nSPS) is 18.5. The summed E-state index contributed by atoms with van der Waals surface area (Å²) in [6.07, 6.45) is -4.64. The Balaban J connectivity index is 2.51. The number of carbonyl (C=O) groups excluding carboxylic acids is 2. The van der Waals surface area contributed by atoms with Gasteiger partial charge < -0.3 is 10.1 Å². The molecule has 1 heterocycles. The van der Waals surface area contributed by atoms with Crippen molar-refractivity contribution in [3.63, 3.8) is 0 Å². The Kier molecular flexibility index (Phi) is 4.81. The number of allylic oxidation sites excluding steroid dienone is 1. The van der Waals surface area contributed by atoms with Gasteiger partial charge in [-0.3, -0.25) is 4.90 Å². The maximum Gasteiger partial charge on any atom is 0.406 e. The number of ether oxygens (including phenoxy) is 1. The zero-order valence-corrected chi connectivity index (χ0v) is 12.8. The van der Waals surface area contributed by atoms with E-state index in [1.54, 1.807) is 0 Å². The number of hydrogen-bond donors (Lipinski definition) is 1. The van der Waals surface area contributed by atoms with Crippen molar-refractivity contribution in [3.8, 4) is 0 Å². The molecule has 1 aromatic rings. The molecular formula is C15H14F4N2O3. The fourth-order valence-corrected chi connectivity index (χ4v) is 2.43. The number of nitrogens with zero attached hydrogens (tertiary/aromatic N) is 1. The maximum atomic E-state index is 13.1. The first-order chi connectivity index (χ1) is 11.1. The molecule has 0 bridgehead atoms. The molecule has 2 rings (SSSR count). The van der Waals surface area contributed by atoms with Crippen molar-refractivity contribution in [3.05, 3.63) is 46.9 Å². The van der Waals surface area contributed by atoms with Gasteiger partial charge in [0.05, 0.1) is 18.7 Å². The minimum atomic E-state index is -4.64. The Morgan fingerprint density at radius 2 is 1.88 bits per heavy atom. The Labute approximate surface area is 134 Å². The molecule has 0 saturated heterocycles. The van der Waals surface area contributed by atoms with Crippen LogP contribution in [-0.2, 0) is 9.53 Å². The smallest absolute Gasteiger partial charge is 0.406 e. The molecule has 1 atom stereocenters. The zero-order chi connectivity index (χ0) is 18.1. The molecule has 1 aliphatic rings. The first-order valence-corrected chi connectivity index (χ1v) is 6.83. The molecule has 0 aliphatic carbocycles. The SMILES string of the molecule is COC(=O)C1=C(C)N(CC(F)(F)F)C(=O)NC1c1ccc(F)cc1. The van der Waals surface area contributed by atoms with Gasteiger partial charge >= 0.3 is 18.2 Å². The first kappa shape index (κ1) is 17.8. The van der Waals surface area contributed by atoms with Crippen molar-refractivity contribution in [2.45, 2.75) is 19.1 Å².